The van der Waals surface area contributed by atoms with E-state index < -0.39 is 0 Å². The van der Waals surface area contributed by atoms with Gasteiger partial charge in [0.05, 0.1) is 13.2 Å². The van der Waals surface area contributed by atoms with E-state index in [2.05, 4.69) is 21.2 Å². The highest BCUT2D eigenvalue weighted by Gasteiger charge is 2.11. The van der Waals surface area contributed by atoms with Crippen LogP contribution in [0, 0.1) is 0 Å². The predicted octanol–water partition coefficient (Wildman–Crippen LogP) is 3.95. The number of carbonyl (C=O) groups is 1. The van der Waals surface area contributed by atoms with E-state index in [1.807, 2.05) is 43.3 Å². The van der Waals surface area contributed by atoms with E-state index in [1.54, 1.807) is 19.2 Å². The van der Waals surface area contributed by atoms with Gasteiger partial charge in [0.1, 0.15) is 5.75 Å². The van der Waals surface area contributed by atoms with Crippen molar-refractivity contribution in [2.45, 2.75) is 13.0 Å². The van der Waals surface area contributed by atoms with Crippen molar-refractivity contribution in [2.24, 2.45) is 0 Å². The van der Waals surface area contributed by atoms with E-state index >= 15 is 0 Å². The third-order valence-corrected chi connectivity index (χ3v) is 3.60. The molecule has 0 aliphatic carbocycles. The Morgan fingerprint density at radius 1 is 1.10 bits per heavy atom. The van der Waals surface area contributed by atoms with Gasteiger partial charge in [-0.25, -0.2) is 0 Å². The molecule has 3 nitrogen and oxygen atoms in total. The van der Waals surface area contributed by atoms with Crippen LogP contribution in [0.5, 0.6) is 5.75 Å². The topological polar surface area (TPSA) is 38.3 Å². The van der Waals surface area contributed by atoms with E-state index in [1.165, 1.54) is 0 Å². The quantitative estimate of drug-likeness (QED) is 0.919. The van der Waals surface area contributed by atoms with Gasteiger partial charge in [-0.05, 0) is 48.9 Å². The molecule has 0 aromatic heterocycles. The van der Waals surface area contributed by atoms with Crippen LogP contribution in [0.15, 0.2) is 53.0 Å². The summed E-state index contributed by atoms with van der Waals surface area (Å²) in [6, 6.07) is 14.9. The van der Waals surface area contributed by atoms with Gasteiger partial charge in [0.25, 0.3) is 5.91 Å². The summed E-state index contributed by atoms with van der Waals surface area (Å²) in [6.45, 7) is 1.96. The smallest absolute Gasteiger partial charge is 0.251 e. The number of methoxy groups -OCH3 is 1. The number of nitrogens with one attached hydrogen (secondary N) is 1. The molecule has 0 unspecified atom stereocenters. The normalized spacial score (nSPS) is 11.8. The summed E-state index contributed by atoms with van der Waals surface area (Å²) in [5.41, 5.74) is 1.69. The van der Waals surface area contributed by atoms with Gasteiger partial charge in [-0.3, -0.25) is 4.79 Å². The zero-order chi connectivity index (χ0) is 14.5. The predicted molar refractivity (Wildman–Crippen MR) is 83.0 cm³/mol. The molecule has 0 radical (unpaired) electrons. The lowest BCUT2D eigenvalue weighted by molar-refractivity contribution is 0.0940. The maximum absolute atomic E-state index is 12.1. The molecule has 0 fully saturated rings. The number of benzene rings is 2. The Labute approximate surface area is 127 Å². The number of hydrogen-bond acceptors (Lipinski definition) is 2. The van der Waals surface area contributed by atoms with Gasteiger partial charge in [-0.2, -0.15) is 0 Å². The summed E-state index contributed by atoms with van der Waals surface area (Å²) in [7, 11) is 1.63. The largest absolute Gasteiger partial charge is 0.497 e. The second-order valence-electron chi connectivity index (χ2n) is 4.48. The average molecular weight is 334 g/mol. The lowest BCUT2D eigenvalue weighted by Gasteiger charge is -2.15. The second-order valence-corrected chi connectivity index (χ2v) is 5.39. The average Bonchev–Trinajstić information content (AvgIpc) is 2.48. The molecule has 0 saturated carbocycles. The number of rotatable bonds is 4. The van der Waals surface area contributed by atoms with E-state index in [0.29, 0.717) is 5.56 Å². The number of halogens is 1. The minimum atomic E-state index is -0.0826. The summed E-state index contributed by atoms with van der Waals surface area (Å²) >= 11 is 3.35. The Balaban J connectivity index is 2.04. The van der Waals surface area contributed by atoms with Crippen molar-refractivity contribution in [2.75, 3.05) is 7.11 Å². The van der Waals surface area contributed by atoms with Crippen LogP contribution in [0.4, 0.5) is 0 Å². The number of hydrogen-bond donors (Lipinski definition) is 1. The standard InChI is InChI=1S/C16H16BrNO2/c1-11(12-5-9-15(20-2)10-6-12)18-16(19)13-3-7-14(17)8-4-13/h3-11H,1-2H3,(H,18,19)/t11-/m1/s1. The van der Waals surface area contributed by atoms with Crippen molar-refractivity contribution in [3.05, 3.63) is 64.1 Å². The molecule has 2 rings (SSSR count). The van der Waals surface area contributed by atoms with Crippen LogP contribution in [-0.2, 0) is 0 Å². The van der Waals surface area contributed by atoms with Crippen molar-refractivity contribution in [1.29, 1.82) is 0 Å². The molecule has 20 heavy (non-hydrogen) atoms. The van der Waals surface area contributed by atoms with Gasteiger partial charge in [-0.1, -0.05) is 28.1 Å². The van der Waals surface area contributed by atoms with Crippen LogP contribution < -0.4 is 10.1 Å². The van der Waals surface area contributed by atoms with Gasteiger partial charge in [0.15, 0.2) is 0 Å². The third kappa shape index (κ3) is 3.61. The lowest BCUT2D eigenvalue weighted by Crippen LogP contribution is -2.26. The summed E-state index contributed by atoms with van der Waals surface area (Å²) in [4.78, 5) is 12.1. The van der Waals surface area contributed by atoms with Crippen LogP contribution in [0.25, 0.3) is 0 Å². The molecule has 2 aromatic carbocycles. The first-order chi connectivity index (χ1) is 9.60. The molecular formula is C16H16BrNO2. The fourth-order valence-corrected chi connectivity index (χ4v) is 2.12. The minimum Gasteiger partial charge on any atom is -0.497 e. The Kier molecular flexibility index (Phi) is 4.79. The van der Waals surface area contributed by atoms with Gasteiger partial charge in [-0.15, -0.1) is 0 Å². The molecule has 104 valence electrons. The van der Waals surface area contributed by atoms with Crippen LogP contribution in [0.1, 0.15) is 28.9 Å². The van der Waals surface area contributed by atoms with Gasteiger partial charge >= 0.3 is 0 Å². The van der Waals surface area contributed by atoms with Crippen LogP contribution in [0.3, 0.4) is 0 Å². The maximum atomic E-state index is 12.1. The summed E-state index contributed by atoms with van der Waals surface area (Å²) in [6.07, 6.45) is 0. The molecule has 0 heterocycles. The molecular weight excluding hydrogens is 318 g/mol. The van der Waals surface area contributed by atoms with Crippen LogP contribution in [-0.4, -0.2) is 13.0 Å². The van der Waals surface area contributed by atoms with Crippen LogP contribution in [0.2, 0.25) is 0 Å². The van der Waals surface area contributed by atoms with E-state index in [-0.39, 0.29) is 11.9 Å². The number of amides is 1. The van der Waals surface area contributed by atoms with Crippen molar-refractivity contribution in [1.82, 2.24) is 5.32 Å². The SMILES string of the molecule is COc1ccc([C@@H](C)NC(=O)c2ccc(Br)cc2)cc1. The molecule has 1 N–H and O–H groups in total. The molecule has 1 amide bonds. The highest BCUT2D eigenvalue weighted by atomic mass is 79.9. The molecule has 0 aliphatic heterocycles. The molecule has 1 atom stereocenters. The number of carbonyl (C=O) groups excluding carboxylic acids is 1. The zero-order valence-corrected chi connectivity index (χ0v) is 13.0. The van der Waals surface area contributed by atoms with E-state index in [9.17, 15) is 4.79 Å². The van der Waals surface area contributed by atoms with Gasteiger partial charge in [0.2, 0.25) is 0 Å². The minimum absolute atomic E-state index is 0.0583. The Hall–Kier alpha value is -1.81. The van der Waals surface area contributed by atoms with Crippen molar-refractivity contribution in [3.8, 4) is 5.75 Å². The Bertz CT molecular complexity index is 578. The second kappa shape index (κ2) is 6.57. The first-order valence-corrected chi connectivity index (χ1v) is 7.10. The van der Waals surface area contributed by atoms with Crippen molar-refractivity contribution < 1.29 is 9.53 Å². The molecule has 2 aromatic rings. The fraction of sp³-hybridized carbons (Fsp3) is 0.188. The van der Waals surface area contributed by atoms with Crippen molar-refractivity contribution in [3.63, 3.8) is 0 Å². The molecule has 0 aliphatic rings. The lowest BCUT2D eigenvalue weighted by atomic mass is 10.1. The molecule has 0 saturated heterocycles. The number of ether oxygens (including phenoxy) is 1. The highest BCUT2D eigenvalue weighted by Crippen LogP contribution is 2.18. The monoisotopic (exact) mass is 333 g/mol. The van der Waals surface area contributed by atoms with Gasteiger partial charge in [0, 0.05) is 10.0 Å². The van der Waals surface area contributed by atoms with E-state index in [0.717, 1.165) is 15.8 Å². The third-order valence-electron chi connectivity index (χ3n) is 3.07. The summed E-state index contributed by atoms with van der Waals surface area (Å²) < 4.78 is 6.07. The Morgan fingerprint density at radius 3 is 2.25 bits per heavy atom. The van der Waals surface area contributed by atoms with Crippen LogP contribution >= 0.6 is 15.9 Å². The zero-order valence-electron chi connectivity index (χ0n) is 11.4. The van der Waals surface area contributed by atoms with Crippen molar-refractivity contribution >= 4 is 21.8 Å². The fourth-order valence-electron chi connectivity index (χ4n) is 1.86. The first kappa shape index (κ1) is 14.6. The highest BCUT2D eigenvalue weighted by molar-refractivity contribution is 9.10. The molecule has 4 heteroatoms. The van der Waals surface area contributed by atoms with E-state index in [4.69, 9.17) is 4.74 Å². The Morgan fingerprint density at radius 2 is 1.70 bits per heavy atom. The van der Waals surface area contributed by atoms with Gasteiger partial charge < -0.3 is 10.1 Å². The first-order valence-electron chi connectivity index (χ1n) is 6.30. The molecule has 0 spiro atoms. The maximum Gasteiger partial charge on any atom is 0.251 e. The summed E-state index contributed by atoms with van der Waals surface area (Å²) in [5.74, 6) is 0.723. The summed E-state index contributed by atoms with van der Waals surface area (Å²) in [5, 5.41) is 2.97. The molecule has 0 bridgehead atoms.